The van der Waals surface area contributed by atoms with Crippen molar-refractivity contribution in [3.8, 4) is 5.75 Å². The molecule has 0 unspecified atom stereocenters. The summed E-state index contributed by atoms with van der Waals surface area (Å²) in [5.74, 6) is 0.750. The number of ether oxygens (including phenoxy) is 1. The Morgan fingerprint density at radius 1 is 1.06 bits per heavy atom. The third-order valence-electron chi connectivity index (χ3n) is 2.60. The van der Waals surface area contributed by atoms with E-state index in [0.717, 1.165) is 22.6 Å². The second-order valence-electron chi connectivity index (χ2n) is 3.83. The van der Waals surface area contributed by atoms with Crippen LogP contribution in [0.25, 0.3) is 12.2 Å². The minimum atomic E-state index is 0.518. The Balaban J connectivity index is 2.06. The highest BCUT2D eigenvalue weighted by Crippen LogP contribution is 2.18. The Morgan fingerprint density at radius 3 is 2.50 bits per heavy atom. The SMILES string of the molecule is C=Cc1ccc(COc2cccnc2C=C)cc1. The number of aromatic nitrogens is 1. The van der Waals surface area contributed by atoms with Gasteiger partial charge < -0.3 is 4.74 Å². The first-order valence-electron chi connectivity index (χ1n) is 5.75. The quantitative estimate of drug-likeness (QED) is 0.785. The van der Waals surface area contributed by atoms with Crippen molar-refractivity contribution in [2.75, 3.05) is 0 Å². The van der Waals surface area contributed by atoms with E-state index in [1.54, 1.807) is 12.3 Å². The molecule has 0 radical (unpaired) electrons. The fourth-order valence-corrected chi connectivity index (χ4v) is 1.59. The molecule has 0 aliphatic carbocycles. The van der Waals surface area contributed by atoms with Crippen molar-refractivity contribution in [1.82, 2.24) is 4.98 Å². The first kappa shape index (κ1) is 12.1. The third-order valence-corrected chi connectivity index (χ3v) is 2.60. The fourth-order valence-electron chi connectivity index (χ4n) is 1.59. The van der Waals surface area contributed by atoms with E-state index in [9.17, 15) is 0 Å². The molecule has 0 amide bonds. The van der Waals surface area contributed by atoms with Gasteiger partial charge in [0.05, 0.1) is 0 Å². The van der Waals surface area contributed by atoms with Crippen LogP contribution in [0.4, 0.5) is 0 Å². The van der Waals surface area contributed by atoms with E-state index in [-0.39, 0.29) is 0 Å². The van der Waals surface area contributed by atoms with E-state index in [2.05, 4.69) is 18.1 Å². The Kier molecular flexibility index (Phi) is 3.92. The summed E-state index contributed by atoms with van der Waals surface area (Å²) < 4.78 is 5.73. The number of benzene rings is 1. The lowest BCUT2D eigenvalue weighted by Gasteiger charge is -2.08. The lowest BCUT2D eigenvalue weighted by molar-refractivity contribution is 0.304. The van der Waals surface area contributed by atoms with Crippen molar-refractivity contribution in [3.05, 3.63) is 72.6 Å². The second kappa shape index (κ2) is 5.82. The van der Waals surface area contributed by atoms with Gasteiger partial charge in [0.25, 0.3) is 0 Å². The minimum Gasteiger partial charge on any atom is -0.487 e. The van der Waals surface area contributed by atoms with Crippen LogP contribution in [0.5, 0.6) is 5.75 Å². The number of rotatable bonds is 5. The smallest absolute Gasteiger partial charge is 0.145 e. The molecule has 0 atom stereocenters. The molecule has 0 N–H and O–H groups in total. The van der Waals surface area contributed by atoms with E-state index in [4.69, 9.17) is 4.74 Å². The molecule has 1 aromatic carbocycles. The summed E-state index contributed by atoms with van der Waals surface area (Å²) in [6.07, 6.45) is 5.24. The van der Waals surface area contributed by atoms with Crippen molar-refractivity contribution >= 4 is 12.2 Å². The fraction of sp³-hybridized carbons (Fsp3) is 0.0625. The van der Waals surface area contributed by atoms with E-state index in [0.29, 0.717) is 6.61 Å². The topological polar surface area (TPSA) is 22.1 Å². The highest BCUT2D eigenvalue weighted by molar-refractivity contribution is 5.50. The summed E-state index contributed by atoms with van der Waals surface area (Å²) in [6.45, 7) is 7.96. The number of hydrogen-bond donors (Lipinski definition) is 0. The molecule has 2 nitrogen and oxygen atoms in total. The molecular weight excluding hydrogens is 222 g/mol. The lowest BCUT2D eigenvalue weighted by Crippen LogP contribution is -1.97. The maximum Gasteiger partial charge on any atom is 0.145 e. The molecule has 0 saturated heterocycles. The normalized spacial score (nSPS) is 9.78. The number of nitrogens with zero attached hydrogens (tertiary/aromatic N) is 1. The Morgan fingerprint density at radius 2 is 1.83 bits per heavy atom. The van der Waals surface area contributed by atoms with Gasteiger partial charge in [-0.05, 0) is 29.3 Å². The molecule has 0 spiro atoms. The molecule has 0 fully saturated rings. The molecular formula is C16H15NO. The monoisotopic (exact) mass is 237 g/mol. The molecule has 1 heterocycles. The van der Waals surface area contributed by atoms with Crippen LogP contribution in [-0.2, 0) is 6.61 Å². The average Bonchev–Trinajstić information content (AvgIpc) is 2.46. The Bertz CT molecular complexity index is 543. The van der Waals surface area contributed by atoms with Crippen LogP contribution < -0.4 is 4.74 Å². The zero-order valence-electron chi connectivity index (χ0n) is 10.2. The van der Waals surface area contributed by atoms with E-state index in [1.807, 2.05) is 42.5 Å². The van der Waals surface area contributed by atoms with Gasteiger partial charge in [-0.15, -0.1) is 0 Å². The van der Waals surface area contributed by atoms with Crippen molar-refractivity contribution < 1.29 is 4.74 Å². The minimum absolute atomic E-state index is 0.518. The van der Waals surface area contributed by atoms with E-state index in [1.165, 1.54) is 0 Å². The van der Waals surface area contributed by atoms with E-state index >= 15 is 0 Å². The number of pyridine rings is 1. The van der Waals surface area contributed by atoms with Crippen molar-refractivity contribution in [2.24, 2.45) is 0 Å². The number of hydrogen-bond acceptors (Lipinski definition) is 2. The van der Waals surface area contributed by atoms with Gasteiger partial charge in [0, 0.05) is 6.20 Å². The Hall–Kier alpha value is -2.35. The van der Waals surface area contributed by atoms with Crippen LogP contribution in [0.3, 0.4) is 0 Å². The second-order valence-corrected chi connectivity index (χ2v) is 3.83. The molecule has 0 bridgehead atoms. The standard InChI is InChI=1S/C16H15NO/c1-3-13-7-9-14(10-8-13)12-18-16-6-5-11-17-15(16)4-2/h3-11H,1-2,12H2. The molecule has 90 valence electrons. The molecule has 18 heavy (non-hydrogen) atoms. The van der Waals surface area contributed by atoms with Crippen molar-refractivity contribution in [2.45, 2.75) is 6.61 Å². The van der Waals surface area contributed by atoms with Crippen LogP contribution >= 0.6 is 0 Å². The molecule has 2 heteroatoms. The van der Waals surface area contributed by atoms with Crippen LogP contribution in [0.15, 0.2) is 55.8 Å². The predicted octanol–water partition coefficient (Wildman–Crippen LogP) is 3.95. The van der Waals surface area contributed by atoms with Crippen LogP contribution in [0.2, 0.25) is 0 Å². The van der Waals surface area contributed by atoms with Gasteiger partial charge in [-0.25, -0.2) is 0 Å². The molecule has 0 aliphatic rings. The summed E-state index contributed by atoms with van der Waals surface area (Å²) in [6, 6.07) is 11.8. The molecule has 1 aromatic heterocycles. The highest BCUT2D eigenvalue weighted by atomic mass is 16.5. The third kappa shape index (κ3) is 2.86. The zero-order valence-corrected chi connectivity index (χ0v) is 10.2. The molecule has 2 aromatic rings. The van der Waals surface area contributed by atoms with Gasteiger partial charge in [0.2, 0.25) is 0 Å². The van der Waals surface area contributed by atoms with Crippen LogP contribution in [0.1, 0.15) is 16.8 Å². The largest absolute Gasteiger partial charge is 0.487 e. The average molecular weight is 237 g/mol. The molecule has 0 saturated carbocycles. The van der Waals surface area contributed by atoms with Gasteiger partial charge >= 0.3 is 0 Å². The van der Waals surface area contributed by atoms with Crippen molar-refractivity contribution in [1.29, 1.82) is 0 Å². The highest BCUT2D eigenvalue weighted by Gasteiger charge is 2.01. The summed E-state index contributed by atoms with van der Waals surface area (Å²) in [5.41, 5.74) is 2.98. The van der Waals surface area contributed by atoms with Gasteiger partial charge in [-0.2, -0.15) is 0 Å². The van der Waals surface area contributed by atoms with Gasteiger partial charge in [0.1, 0.15) is 18.1 Å². The van der Waals surface area contributed by atoms with E-state index < -0.39 is 0 Å². The first-order valence-corrected chi connectivity index (χ1v) is 5.75. The van der Waals surface area contributed by atoms with Gasteiger partial charge in [0.15, 0.2) is 0 Å². The van der Waals surface area contributed by atoms with Gasteiger partial charge in [-0.1, -0.05) is 43.5 Å². The summed E-state index contributed by atoms with van der Waals surface area (Å²) >= 11 is 0. The zero-order chi connectivity index (χ0) is 12.8. The summed E-state index contributed by atoms with van der Waals surface area (Å²) in [4.78, 5) is 4.18. The summed E-state index contributed by atoms with van der Waals surface area (Å²) in [7, 11) is 0. The Labute approximate surface area is 107 Å². The maximum atomic E-state index is 5.73. The summed E-state index contributed by atoms with van der Waals surface area (Å²) in [5, 5.41) is 0. The van der Waals surface area contributed by atoms with Crippen molar-refractivity contribution in [3.63, 3.8) is 0 Å². The van der Waals surface area contributed by atoms with Crippen LogP contribution in [0, 0.1) is 0 Å². The molecule has 2 rings (SSSR count). The van der Waals surface area contributed by atoms with Crippen LogP contribution in [-0.4, -0.2) is 4.98 Å². The molecule has 0 aliphatic heterocycles. The lowest BCUT2D eigenvalue weighted by atomic mass is 10.1. The maximum absolute atomic E-state index is 5.73. The first-order chi connectivity index (χ1) is 8.83. The van der Waals surface area contributed by atoms with Gasteiger partial charge in [-0.3, -0.25) is 4.98 Å². The predicted molar refractivity (Wildman–Crippen MR) is 75.2 cm³/mol.